The summed E-state index contributed by atoms with van der Waals surface area (Å²) in [4.78, 5) is 26.1. The fourth-order valence-corrected chi connectivity index (χ4v) is 2.82. The third kappa shape index (κ3) is 5.26. The normalized spacial score (nSPS) is 16.0. The predicted molar refractivity (Wildman–Crippen MR) is 95.8 cm³/mol. The fourth-order valence-electron chi connectivity index (χ4n) is 2.82. The summed E-state index contributed by atoms with van der Waals surface area (Å²) in [6.45, 7) is 2.11. The van der Waals surface area contributed by atoms with E-state index in [1.54, 1.807) is 6.92 Å². The van der Waals surface area contributed by atoms with E-state index in [2.05, 4.69) is 15.8 Å². The van der Waals surface area contributed by atoms with Gasteiger partial charge in [-0.1, -0.05) is 5.16 Å². The van der Waals surface area contributed by atoms with E-state index in [9.17, 15) is 18.4 Å². The summed E-state index contributed by atoms with van der Waals surface area (Å²) < 4.78 is 37.3. The number of ether oxygens (including phenoxy) is 1. The van der Waals surface area contributed by atoms with Gasteiger partial charge in [0.05, 0.1) is 11.8 Å². The molecule has 1 aromatic carbocycles. The van der Waals surface area contributed by atoms with Crippen molar-refractivity contribution in [3.63, 3.8) is 0 Å². The van der Waals surface area contributed by atoms with E-state index in [0.29, 0.717) is 18.4 Å². The van der Waals surface area contributed by atoms with Gasteiger partial charge in [0.25, 0.3) is 0 Å². The van der Waals surface area contributed by atoms with E-state index >= 15 is 0 Å². The van der Waals surface area contributed by atoms with Gasteiger partial charge in [-0.15, -0.1) is 0 Å². The number of amides is 3. The Kier molecular flexibility index (Phi) is 6.19. The van der Waals surface area contributed by atoms with E-state index in [0.717, 1.165) is 25.0 Å². The molecule has 2 heterocycles. The molecule has 0 radical (unpaired) electrons. The summed E-state index contributed by atoms with van der Waals surface area (Å²) in [7, 11) is 0. The maximum atomic E-state index is 13.8. The Morgan fingerprint density at radius 1 is 1.29 bits per heavy atom. The quantitative estimate of drug-likeness (QED) is 0.785. The zero-order valence-electron chi connectivity index (χ0n) is 15.2. The highest BCUT2D eigenvalue weighted by molar-refractivity contribution is 5.96. The fraction of sp³-hybridized carbons (Fsp3) is 0.389. The molecule has 8 nitrogen and oxygen atoms in total. The minimum absolute atomic E-state index is 0.153. The Hall–Kier alpha value is -3.01. The average molecular weight is 394 g/mol. The number of carbonyl (C=O) groups excluding carboxylic acids is 2. The van der Waals surface area contributed by atoms with Crippen LogP contribution in [0.15, 0.2) is 28.8 Å². The van der Waals surface area contributed by atoms with Crippen LogP contribution in [-0.4, -0.2) is 47.8 Å². The van der Waals surface area contributed by atoms with Crippen LogP contribution < -0.4 is 10.6 Å². The molecular weight excluding hydrogens is 374 g/mol. The van der Waals surface area contributed by atoms with Crippen LogP contribution >= 0.6 is 0 Å². The topological polar surface area (TPSA) is 96.7 Å². The monoisotopic (exact) mass is 394 g/mol. The van der Waals surface area contributed by atoms with Gasteiger partial charge < -0.3 is 24.8 Å². The molecule has 10 heteroatoms. The summed E-state index contributed by atoms with van der Waals surface area (Å²) in [6.07, 6.45) is 1.39. The maximum Gasteiger partial charge on any atom is 0.322 e. The van der Waals surface area contributed by atoms with Crippen molar-refractivity contribution in [2.45, 2.75) is 25.9 Å². The van der Waals surface area contributed by atoms with Crippen molar-refractivity contribution < 1.29 is 27.6 Å². The highest BCUT2D eigenvalue weighted by Crippen LogP contribution is 2.18. The third-order valence-electron chi connectivity index (χ3n) is 4.14. The molecule has 1 fully saturated rings. The highest BCUT2D eigenvalue weighted by Gasteiger charge is 2.25. The number of aromatic nitrogens is 1. The van der Waals surface area contributed by atoms with Crippen molar-refractivity contribution in [3.8, 4) is 0 Å². The van der Waals surface area contributed by atoms with Gasteiger partial charge in [0.15, 0.2) is 5.82 Å². The van der Waals surface area contributed by atoms with Crippen LogP contribution in [0.5, 0.6) is 0 Å². The Balaban J connectivity index is 1.67. The molecule has 28 heavy (non-hydrogen) atoms. The van der Waals surface area contributed by atoms with Gasteiger partial charge >= 0.3 is 6.03 Å². The second-order valence-electron chi connectivity index (χ2n) is 6.44. The number of hydrogen-bond acceptors (Lipinski definition) is 5. The number of hydrogen-bond donors (Lipinski definition) is 2. The maximum absolute atomic E-state index is 13.8. The number of carbonyl (C=O) groups is 2. The molecule has 0 unspecified atom stereocenters. The van der Waals surface area contributed by atoms with E-state index in [4.69, 9.17) is 9.26 Å². The van der Waals surface area contributed by atoms with Gasteiger partial charge in [-0.05, 0) is 31.9 Å². The first kappa shape index (κ1) is 19.7. The molecule has 1 aliphatic rings. The van der Waals surface area contributed by atoms with Gasteiger partial charge in [0, 0.05) is 25.3 Å². The first-order chi connectivity index (χ1) is 13.4. The SMILES string of the molecule is Cc1cc(NC(=O)CN(C[C@@H]2CCCO2)C(=O)Nc2ccc(F)cc2F)no1. The molecule has 2 N–H and O–H groups in total. The largest absolute Gasteiger partial charge is 0.376 e. The molecule has 0 aliphatic carbocycles. The van der Waals surface area contributed by atoms with Crippen molar-refractivity contribution >= 4 is 23.4 Å². The van der Waals surface area contributed by atoms with Crippen LogP contribution in [0, 0.1) is 18.6 Å². The minimum atomic E-state index is -0.909. The van der Waals surface area contributed by atoms with Crippen LogP contribution in [0.25, 0.3) is 0 Å². The van der Waals surface area contributed by atoms with Crippen molar-refractivity contribution in [3.05, 3.63) is 41.7 Å². The first-order valence-corrected chi connectivity index (χ1v) is 8.76. The number of nitrogens with zero attached hydrogens (tertiary/aromatic N) is 2. The highest BCUT2D eigenvalue weighted by atomic mass is 19.1. The molecule has 150 valence electrons. The van der Waals surface area contributed by atoms with E-state index in [-0.39, 0.29) is 30.7 Å². The predicted octanol–water partition coefficient (Wildman–Crippen LogP) is 2.91. The van der Waals surface area contributed by atoms with Gasteiger partial charge in [-0.3, -0.25) is 4.79 Å². The minimum Gasteiger partial charge on any atom is -0.376 e. The Morgan fingerprint density at radius 3 is 2.75 bits per heavy atom. The smallest absolute Gasteiger partial charge is 0.322 e. The van der Waals surface area contributed by atoms with Crippen LogP contribution in [0.4, 0.5) is 25.1 Å². The van der Waals surface area contributed by atoms with Gasteiger partial charge in [0.1, 0.15) is 23.9 Å². The number of anilines is 2. The van der Waals surface area contributed by atoms with E-state index < -0.39 is 23.6 Å². The zero-order chi connectivity index (χ0) is 20.1. The summed E-state index contributed by atoms with van der Waals surface area (Å²) in [6, 6.07) is 3.65. The third-order valence-corrected chi connectivity index (χ3v) is 4.14. The molecule has 1 saturated heterocycles. The Labute approximate surface area is 159 Å². The van der Waals surface area contributed by atoms with Crippen LogP contribution in [-0.2, 0) is 9.53 Å². The van der Waals surface area contributed by atoms with Crippen LogP contribution in [0.1, 0.15) is 18.6 Å². The second-order valence-corrected chi connectivity index (χ2v) is 6.44. The summed E-state index contributed by atoms with van der Waals surface area (Å²) in [5.74, 6) is -1.41. The standard InChI is InChI=1S/C18H20F2N4O4/c1-11-7-16(23-28-11)22-17(25)10-24(9-13-3-2-6-27-13)18(26)21-15-5-4-12(19)8-14(15)20/h4-5,7-8,13H,2-3,6,9-10H2,1H3,(H,21,26)(H,22,23,25)/t13-/m0/s1. The molecule has 0 saturated carbocycles. The number of rotatable bonds is 6. The number of aryl methyl sites for hydroxylation is 1. The summed E-state index contributed by atoms with van der Waals surface area (Å²) >= 11 is 0. The van der Waals surface area contributed by atoms with E-state index in [1.807, 2.05) is 0 Å². The lowest BCUT2D eigenvalue weighted by molar-refractivity contribution is -0.117. The molecule has 2 aromatic rings. The first-order valence-electron chi connectivity index (χ1n) is 8.76. The number of benzene rings is 1. The summed E-state index contributed by atoms with van der Waals surface area (Å²) in [5.41, 5.74) is -0.184. The number of nitrogens with one attached hydrogen (secondary N) is 2. The number of halogens is 2. The summed E-state index contributed by atoms with van der Waals surface area (Å²) in [5, 5.41) is 8.55. The molecule has 1 aromatic heterocycles. The Morgan fingerprint density at radius 2 is 2.11 bits per heavy atom. The number of urea groups is 1. The Bertz CT molecular complexity index is 852. The lowest BCUT2D eigenvalue weighted by atomic mass is 10.2. The molecule has 0 spiro atoms. The van der Waals surface area contributed by atoms with Crippen molar-refractivity contribution in [1.29, 1.82) is 0 Å². The van der Waals surface area contributed by atoms with Crippen LogP contribution in [0.3, 0.4) is 0 Å². The molecule has 3 amide bonds. The molecular formula is C18H20F2N4O4. The van der Waals surface area contributed by atoms with Gasteiger partial charge in [-0.25, -0.2) is 13.6 Å². The average Bonchev–Trinajstić information content (AvgIpc) is 3.28. The van der Waals surface area contributed by atoms with Crippen LogP contribution in [0.2, 0.25) is 0 Å². The zero-order valence-corrected chi connectivity index (χ0v) is 15.2. The second kappa shape index (κ2) is 8.79. The molecule has 1 aliphatic heterocycles. The molecule has 1 atom stereocenters. The van der Waals surface area contributed by atoms with Crippen molar-refractivity contribution in [2.24, 2.45) is 0 Å². The van der Waals surface area contributed by atoms with Gasteiger partial charge in [-0.2, -0.15) is 0 Å². The molecule has 3 rings (SSSR count). The lowest BCUT2D eigenvalue weighted by Gasteiger charge is -2.25. The van der Waals surface area contributed by atoms with E-state index in [1.165, 1.54) is 11.0 Å². The molecule has 0 bridgehead atoms. The van der Waals surface area contributed by atoms with Crippen molar-refractivity contribution in [1.82, 2.24) is 10.1 Å². The van der Waals surface area contributed by atoms with Crippen molar-refractivity contribution in [2.75, 3.05) is 30.3 Å². The lowest BCUT2D eigenvalue weighted by Crippen LogP contribution is -2.44. The van der Waals surface area contributed by atoms with Gasteiger partial charge in [0.2, 0.25) is 5.91 Å².